The molecular weight excluding hydrogens is 228 g/mol. The van der Waals surface area contributed by atoms with Gasteiger partial charge in [-0.1, -0.05) is 0 Å². The molecule has 2 aliphatic rings. The molecule has 1 saturated heterocycles. The van der Waals surface area contributed by atoms with Crippen LogP contribution in [-0.4, -0.2) is 42.6 Å². The van der Waals surface area contributed by atoms with Crippen molar-refractivity contribution in [1.29, 1.82) is 0 Å². The van der Waals surface area contributed by atoms with Gasteiger partial charge in [-0.3, -0.25) is 4.79 Å². The lowest BCUT2D eigenvalue weighted by Crippen LogP contribution is -2.43. The van der Waals surface area contributed by atoms with Gasteiger partial charge in [0.25, 0.3) is 0 Å². The minimum absolute atomic E-state index is 0. The minimum Gasteiger partial charge on any atom is -0.378 e. The topological polar surface area (TPSA) is 55.6 Å². The molecule has 1 amide bonds. The molecule has 0 radical (unpaired) electrons. The van der Waals surface area contributed by atoms with Gasteiger partial charge in [-0.25, -0.2) is 0 Å². The molecular formula is C11H21ClN2O2. The number of nitrogens with zero attached hydrogens (tertiary/aromatic N) is 1. The molecule has 94 valence electrons. The Balaban J connectivity index is 0.00000128. The Morgan fingerprint density at radius 1 is 1.44 bits per heavy atom. The third-order valence-corrected chi connectivity index (χ3v) is 3.28. The van der Waals surface area contributed by atoms with E-state index < -0.39 is 0 Å². The van der Waals surface area contributed by atoms with Crippen LogP contribution in [0.1, 0.15) is 26.2 Å². The summed E-state index contributed by atoms with van der Waals surface area (Å²) in [6, 6.07) is 0.288. The third kappa shape index (κ3) is 3.09. The van der Waals surface area contributed by atoms with Crippen LogP contribution in [0.25, 0.3) is 0 Å². The van der Waals surface area contributed by atoms with E-state index in [0.29, 0.717) is 6.61 Å². The fraction of sp³-hybridized carbons (Fsp3) is 0.909. The van der Waals surface area contributed by atoms with Crippen molar-refractivity contribution in [3.8, 4) is 0 Å². The number of likely N-dealkylation sites (tertiary alicyclic amines) is 1. The number of carbonyl (C=O) groups is 1. The first kappa shape index (κ1) is 13.7. The molecule has 2 rings (SSSR count). The minimum atomic E-state index is 0. The lowest BCUT2D eigenvalue weighted by Gasteiger charge is -2.30. The van der Waals surface area contributed by atoms with Crippen LogP contribution in [0.2, 0.25) is 0 Å². The molecule has 0 aromatic carbocycles. The molecule has 2 fully saturated rings. The molecule has 2 atom stereocenters. The first-order valence-electron chi connectivity index (χ1n) is 5.88. The Kier molecular flexibility index (Phi) is 5.02. The molecule has 2 N–H and O–H groups in total. The van der Waals surface area contributed by atoms with Gasteiger partial charge < -0.3 is 15.4 Å². The van der Waals surface area contributed by atoms with Gasteiger partial charge in [-0.05, 0) is 26.2 Å². The Hall–Kier alpha value is -0.320. The summed E-state index contributed by atoms with van der Waals surface area (Å²) in [6.07, 6.45) is 2.99. The summed E-state index contributed by atoms with van der Waals surface area (Å²) in [5.41, 5.74) is 5.80. The average Bonchev–Trinajstić information content (AvgIpc) is 2.98. The summed E-state index contributed by atoms with van der Waals surface area (Å²) in [6.45, 7) is 4.34. The number of halogens is 1. The predicted octanol–water partition coefficient (Wildman–Crippen LogP) is 0.783. The molecule has 1 aliphatic carbocycles. The molecule has 4 nitrogen and oxygen atoms in total. The summed E-state index contributed by atoms with van der Waals surface area (Å²) >= 11 is 0. The van der Waals surface area contributed by atoms with E-state index in [2.05, 4.69) is 0 Å². The zero-order chi connectivity index (χ0) is 10.8. The maximum atomic E-state index is 12.0. The Morgan fingerprint density at radius 3 is 2.62 bits per heavy atom. The first-order chi connectivity index (χ1) is 7.22. The highest BCUT2D eigenvalue weighted by Gasteiger charge is 2.46. The number of piperidine rings is 1. The van der Waals surface area contributed by atoms with E-state index in [0.717, 1.165) is 32.4 Å². The fourth-order valence-corrected chi connectivity index (χ4v) is 2.18. The van der Waals surface area contributed by atoms with Crippen molar-refractivity contribution in [3.63, 3.8) is 0 Å². The highest BCUT2D eigenvalue weighted by Crippen LogP contribution is 2.35. The molecule has 1 saturated carbocycles. The Labute approximate surface area is 103 Å². The van der Waals surface area contributed by atoms with Crippen LogP contribution in [-0.2, 0) is 9.53 Å². The molecule has 2 unspecified atom stereocenters. The number of nitrogens with two attached hydrogens (primary N) is 1. The van der Waals surface area contributed by atoms with Gasteiger partial charge in [0.05, 0.1) is 12.0 Å². The lowest BCUT2D eigenvalue weighted by atomic mass is 10.1. The van der Waals surface area contributed by atoms with Crippen molar-refractivity contribution in [2.75, 3.05) is 19.7 Å². The normalized spacial score (nSPS) is 29.8. The third-order valence-electron chi connectivity index (χ3n) is 3.28. The van der Waals surface area contributed by atoms with Crippen molar-refractivity contribution < 1.29 is 9.53 Å². The summed E-state index contributed by atoms with van der Waals surface area (Å²) in [7, 11) is 0. The maximum absolute atomic E-state index is 12.0. The SMILES string of the molecule is CCOC1CC1C(=O)N1CCC(N)CC1.Cl. The zero-order valence-electron chi connectivity index (χ0n) is 9.72. The zero-order valence-corrected chi connectivity index (χ0v) is 10.5. The second-order valence-electron chi connectivity index (χ2n) is 4.50. The van der Waals surface area contributed by atoms with Crippen LogP contribution in [0.4, 0.5) is 0 Å². The van der Waals surface area contributed by atoms with Crippen molar-refractivity contribution in [2.24, 2.45) is 11.7 Å². The number of hydrogen-bond acceptors (Lipinski definition) is 3. The van der Waals surface area contributed by atoms with Gasteiger partial charge in [0.2, 0.25) is 5.91 Å². The summed E-state index contributed by atoms with van der Waals surface area (Å²) < 4.78 is 5.43. The molecule has 0 aromatic heterocycles. The number of amides is 1. The predicted molar refractivity (Wildman–Crippen MR) is 64.6 cm³/mol. The second kappa shape index (κ2) is 5.84. The first-order valence-corrected chi connectivity index (χ1v) is 5.88. The Morgan fingerprint density at radius 2 is 2.06 bits per heavy atom. The van der Waals surface area contributed by atoms with E-state index in [4.69, 9.17) is 10.5 Å². The highest BCUT2D eigenvalue weighted by molar-refractivity contribution is 5.85. The largest absolute Gasteiger partial charge is 0.378 e. The quantitative estimate of drug-likeness (QED) is 0.803. The number of hydrogen-bond donors (Lipinski definition) is 1. The molecule has 5 heteroatoms. The fourth-order valence-electron chi connectivity index (χ4n) is 2.18. The van der Waals surface area contributed by atoms with Gasteiger partial charge in [-0.15, -0.1) is 12.4 Å². The van der Waals surface area contributed by atoms with Crippen molar-refractivity contribution >= 4 is 18.3 Å². The van der Waals surface area contributed by atoms with Gasteiger partial charge in [0.1, 0.15) is 0 Å². The molecule has 1 heterocycles. The lowest BCUT2D eigenvalue weighted by molar-refractivity contribution is -0.134. The van der Waals surface area contributed by atoms with Crippen LogP contribution in [0.15, 0.2) is 0 Å². The van der Waals surface area contributed by atoms with Crippen molar-refractivity contribution in [3.05, 3.63) is 0 Å². The van der Waals surface area contributed by atoms with Crippen LogP contribution < -0.4 is 5.73 Å². The Bertz CT molecular complexity index is 242. The molecule has 0 bridgehead atoms. The van der Waals surface area contributed by atoms with Crippen LogP contribution in [0.3, 0.4) is 0 Å². The second-order valence-corrected chi connectivity index (χ2v) is 4.50. The van der Waals surface area contributed by atoms with E-state index >= 15 is 0 Å². The standard InChI is InChI=1S/C11H20N2O2.ClH/c1-2-15-10-7-9(10)11(14)13-5-3-8(12)4-6-13;/h8-10H,2-7,12H2,1H3;1H. The summed E-state index contributed by atoms with van der Waals surface area (Å²) in [4.78, 5) is 13.9. The van der Waals surface area contributed by atoms with E-state index in [-0.39, 0.29) is 36.4 Å². The smallest absolute Gasteiger partial charge is 0.228 e. The van der Waals surface area contributed by atoms with E-state index in [1.54, 1.807) is 0 Å². The molecule has 1 aliphatic heterocycles. The summed E-state index contributed by atoms with van der Waals surface area (Å²) in [5.74, 6) is 0.416. The van der Waals surface area contributed by atoms with E-state index in [1.807, 2.05) is 11.8 Å². The van der Waals surface area contributed by atoms with Gasteiger partial charge in [0, 0.05) is 25.7 Å². The van der Waals surface area contributed by atoms with Crippen molar-refractivity contribution in [2.45, 2.75) is 38.3 Å². The van der Waals surface area contributed by atoms with Crippen LogP contribution in [0, 0.1) is 5.92 Å². The van der Waals surface area contributed by atoms with Crippen molar-refractivity contribution in [1.82, 2.24) is 4.90 Å². The van der Waals surface area contributed by atoms with Gasteiger partial charge in [0.15, 0.2) is 0 Å². The highest BCUT2D eigenvalue weighted by atomic mass is 35.5. The van der Waals surface area contributed by atoms with Crippen LogP contribution >= 0.6 is 12.4 Å². The maximum Gasteiger partial charge on any atom is 0.228 e. The molecule has 16 heavy (non-hydrogen) atoms. The molecule has 0 spiro atoms. The van der Waals surface area contributed by atoms with E-state index in [9.17, 15) is 4.79 Å². The average molecular weight is 249 g/mol. The number of rotatable bonds is 3. The molecule has 0 aromatic rings. The number of carbonyl (C=O) groups excluding carboxylic acids is 1. The van der Waals surface area contributed by atoms with Gasteiger partial charge in [-0.2, -0.15) is 0 Å². The summed E-state index contributed by atoms with van der Waals surface area (Å²) in [5, 5.41) is 0. The van der Waals surface area contributed by atoms with Crippen LogP contribution in [0.5, 0.6) is 0 Å². The monoisotopic (exact) mass is 248 g/mol. The number of ether oxygens (including phenoxy) is 1. The van der Waals surface area contributed by atoms with Gasteiger partial charge >= 0.3 is 0 Å². The van der Waals surface area contributed by atoms with E-state index in [1.165, 1.54) is 0 Å².